The minimum absolute atomic E-state index is 0.0194. The van der Waals surface area contributed by atoms with Crippen LogP contribution in [-0.2, 0) is 10.3 Å². The number of hydrogen-bond donors (Lipinski definition) is 1. The molecule has 36 heavy (non-hydrogen) atoms. The molecule has 2 aromatic carbocycles. The van der Waals surface area contributed by atoms with Crippen LogP contribution >= 0.6 is 0 Å². The maximum Gasteiger partial charge on any atom is 0.387 e. The smallest absolute Gasteiger partial charge is 0.387 e. The van der Waals surface area contributed by atoms with Gasteiger partial charge in [0, 0.05) is 22.6 Å². The summed E-state index contributed by atoms with van der Waals surface area (Å²) in [5.74, 6) is -0.312. The van der Waals surface area contributed by atoms with Crippen molar-refractivity contribution in [3.8, 4) is 17.2 Å². The molecule has 1 aliphatic heterocycles. The Labute approximate surface area is 206 Å². The highest BCUT2D eigenvalue weighted by molar-refractivity contribution is 6.11. The van der Waals surface area contributed by atoms with Gasteiger partial charge in [-0.05, 0) is 68.8 Å². The highest BCUT2D eigenvalue weighted by atomic mass is 19.3. The first kappa shape index (κ1) is 24.9. The molecule has 1 saturated heterocycles. The molecule has 0 radical (unpaired) electrons. The van der Waals surface area contributed by atoms with Gasteiger partial charge < -0.3 is 19.4 Å². The molecule has 4 rings (SSSR count). The zero-order chi connectivity index (χ0) is 26.2. The van der Waals surface area contributed by atoms with E-state index in [0.29, 0.717) is 28.3 Å². The van der Waals surface area contributed by atoms with Crippen LogP contribution in [0, 0.1) is 13.8 Å². The largest absolute Gasteiger partial charge is 0.497 e. The number of Topliss-reactive ketones (excluding diaryl/α,β-unsaturated/α-hetero) is 1. The summed E-state index contributed by atoms with van der Waals surface area (Å²) in [5, 5.41) is 2.69. The average Bonchev–Trinajstić information content (AvgIpc) is 3.26. The fraction of sp³-hybridized carbons (Fsp3) is 0.269. The number of benzene rings is 2. The van der Waals surface area contributed by atoms with Crippen molar-refractivity contribution >= 4 is 17.7 Å². The summed E-state index contributed by atoms with van der Waals surface area (Å²) in [5.41, 5.74) is 1.55. The van der Waals surface area contributed by atoms with Crippen molar-refractivity contribution in [2.45, 2.75) is 32.9 Å². The number of carbonyl (C=O) groups is 3. The Morgan fingerprint density at radius 1 is 1.03 bits per heavy atom. The van der Waals surface area contributed by atoms with Crippen molar-refractivity contribution in [2.24, 2.45) is 0 Å². The summed E-state index contributed by atoms with van der Waals surface area (Å²) >= 11 is 0. The summed E-state index contributed by atoms with van der Waals surface area (Å²) in [4.78, 5) is 40.1. The second kappa shape index (κ2) is 9.44. The van der Waals surface area contributed by atoms with Gasteiger partial charge in [0.2, 0.25) is 0 Å². The number of hydrogen-bond acceptors (Lipinski definition) is 5. The Hall–Kier alpha value is -4.21. The molecule has 1 fully saturated rings. The molecule has 0 bridgehead atoms. The Balaban J connectivity index is 1.55. The molecule has 0 aliphatic carbocycles. The van der Waals surface area contributed by atoms with Crippen LogP contribution < -0.4 is 14.8 Å². The highest BCUT2D eigenvalue weighted by Gasteiger charge is 2.49. The van der Waals surface area contributed by atoms with Crippen molar-refractivity contribution < 1.29 is 32.6 Å². The fourth-order valence-electron chi connectivity index (χ4n) is 4.41. The lowest BCUT2D eigenvalue weighted by Gasteiger charge is -2.22. The van der Waals surface area contributed by atoms with Crippen LogP contribution in [0.2, 0.25) is 0 Å². The first-order chi connectivity index (χ1) is 17.0. The third-order valence-electron chi connectivity index (χ3n) is 6.30. The lowest BCUT2D eigenvalue weighted by Crippen LogP contribution is -2.41. The summed E-state index contributed by atoms with van der Waals surface area (Å²) in [6.07, 6.45) is 0. The van der Waals surface area contributed by atoms with Gasteiger partial charge in [-0.1, -0.05) is 12.1 Å². The van der Waals surface area contributed by atoms with Crippen LogP contribution in [0.3, 0.4) is 0 Å². The normalized spacial score (nSPS) is 17.5. The summed E-state index contributed by atoms with van der Waals surface area (Å²) in [6.45, 7) is 1.76. The van der Waals surface area contributed by atoms with Gasteiger partial charge in [0.15, 0.2) is 5.78 Å². The van der Waals surface area contributed by atoms with Crippen molar-refractivity contribution in [1.82, 2.24) is 14.8 Å². The number of rotatable bonds is 8. The second-order valence-corrected chi connectivity index (χ2v) is 8.59. The second-order valence-electron chi connectivity index (χ2n) is 8.59. The molecule has 10 heteroatoms. The molecular weight excluding hydrogens is 472 g/mol. The fourth-order valence-corrected chi connectivity index (χ4v) is 4.41. The Morgan fingerprint density at radius 3 is 2.22 bits per heavy atom. The third kappa shape index (κ3) is 4.41. The lowest BCUT2D eigenvalue weighted by molar-refractivity contribution is -0.130. The van der Waals surface area contributed by atoms with Crippen LogP contribution in [0.4, 0.5) is 13.6 Å². The first-order valence-corrected chi connectivity index (χ1v) is 11.1. The molecule has 188 valence electrons. The van der Waals surface area contributed by atoms with Gasteiger partial charge in [-0.25, -0.2) is 4.79 Å². The number of nitrogens with zero attached hydrogens (tertiary/aromatic N) is 2. The monoisotopic (exact) mass is 497 g/mol. The van der Waals surface area contributed by atoms with Gasteiger partial charge in [-0.15, -0.1) is 0 Å². The quantitative estimate of drug-likeness (QED) is 0.369. The molecule has 1 aromatic heterocycles. The lowest BCUT2D eigenvalue weighted by atomic mass is 9.92. The van der Waals surface area contributed by atoms with E-state index in [4.69, 9.17) is 4.74 Å². The number of ether oxygens (including phenoxy) is 2. The molecule has 1 N–H and O–H groups in total. The van der Waals surface area contributed by atoms with Gasteiger partial charge in [0.1, 0.15) is 17.0 Å². The van der Waals surface area contributed by atoms with E-state index in [1.54, 1.807) is 67.8 Å². The summed E-state index contributed by atoms with van der Waals surface area (Å²) in [7, 11) is 1.53. The number of methoxy groups -OCH3 is 1. The number of amides is 3. The van der Waals surface area contributed by atoms with E-state index in [1.807, 2.05) is 0 Å². The molecule has 1 unspecified atom stereocenters. The molecule has 8 nitrogen and oxygen atoms in total. The number of imide groups is 1. The minimum atomic E-state index is -2.92. The Morgan fingerprint density at radius 2 is 1.64 bits per heavy atom. The van der Waals surface area contributed by atoms with Gasteiger partial charge in [-0.2, -0.15) is 8.78 Å². The van der Waals surface area contributed by atoms with Crippen molar-refractivity contribution in [3.63, 3.8) is 0 Å². The van der Waals surface area contributed by atoms with E-state index in [-0.39, 0.29) is 5.75 Å². The summed E-state index contributed by atoms with van der Waals surface area (Å²) in [6, 6.07) is 13.8. The number of aromatic nitrogens is 1. The minimum Gasteiger partial charge on any atom is -0.497 e. The highest BCUT2D eigenvalue weighted by Crippen LogP contribution is 2.31. The third-order valence-corrected chi connectivity index (χ3v) is 6.30. The topological polar surface area (TPSA) is 89.9 Å². The molecule has 1 atom stereocenters. The first-order valence-electron chi connectivity index (χ1n) is 11.1. The van der Waals surface area contributed by atoms with Crippen LogP contribution in [0.25, 0.3) is 5.69 Å². The SMILES string of the molecule is COc1ccc(C2(C)NC(=O)N(CC(=O)c3cc(C)n(-c4ccc(OC(F)F)cc4)c3C)C2=O)cc1. The Kier molecular flexibility index (Phi) is 6.53. The zero-order valence-electron chi connectivity index (χ0n) is 20.2. The van der Waals surface area contributed by atoms with Gasteiger partial charge in [-0.3, -0.25) is 14.5 Å². The summed E-state index contributed by atoms with van der Waals surface area (Å²) < 4.78 is 36.2. The number of carbonyl (C=O) groups excluding carboxylic acids is 3. The number of nitrogens with one attached hydrogen (secondary N) is 1. The number of halogens is 2. The van der Waals surface area contributed by atoms with E-state index in [0.717, 1.165) is 10.6 Å². The van der Waals surface area contributed by atoms with E-state index < -0.39 is 36.4 Å². The zero-order valence-corrected chi connectivity index (χ0v) is 20.2. The van der Waals surface area contributed by atoms with Crippen LogP contribution in [0.5, 0.6) is 11.5 Å². The number of ketones is 1. The van der Waals surface area contributed by atoms with Gasteiger partial charge in [0.05, 0.1) is 13.7 Å². The number of urea groups is 1. The van der Waals surface area contributed by atoms with Crippen molar-refractivity contribution in [3.05, 3.63) is 77.1 Å². The predicted molar refractivity (Wildman–Crippen MR) is 127 cm³/mol. The van der Waals surface area contributed by atoms with E-state index in [9.17, 15) is 23.2 Å². The maximum atomic E-state index is 13.2. The van der Waals surface area contributed by atoms with E-state index >= 15 is 0 Å². The van der Waals surface area contributed by atoms with Crippen molar-refractivity contribution in [2.75, 3.05) is 13.7 Å². The van der Waals surface area contributed by atoms with Crippen LogP contribution in [0.15, 0.2) is 54.6 Å². The molecule has 3 aromatic rings. The molecule has 1 aliphatic rings. The average molecular weight is 497 g/mol. The van der Waals surface area contributed by atoms with Crippen LogP contribution in [0.1, 0.15) is 34.2 Å². The molecule has 0 spiro atoms. The number of alkyl halides is 2. The van der Waals surface area contributed by atoms with E-state index in [1.165, 1.54) is 19.2 Å². The Bertz CT molecular complexity index is 1320. The van der Waals surface area contributed by atoms with Gasteiger partial charge >= 0.3 is 12.6 Å². The molecule has 0 saturated carbocycles. The standard InChI is InChI=1S/C26H25F2N3O5/c1-15-13-21(16(2)31(15)18-7-11-20(12-8-18)36-24(27)28)22(32)14-30-23(33)26(3,29-25(30)34)17-5-9-19(35-4)10-6-17/h5-13,24H,14H2,1-4H3,(H,29,34). The van der Waals surface area contributed by atoms with E-state index in [2.05, 4.69) is 10.1 Å². The molecule has 2 heterocycles. The molecular formula is C26H25F2N3O5. The van der Waals surface area contributed by atoms with Crippen LogP contribution in [-0.4, -0.2) is 47.5 Å². The molecule has 3 amide bonds. The number of aryl methyl sites for hydroxylation is 1. The predicted octanol–water partition coefficient (Wildman–Crippen LogP) is 4.35. The maximum absolute atomic E-state index is 13.2. The van der Waals surface area contributed by atoms with Gasteiger partial charge in [0.25, 0.3) is 5.91 Å². The van der Waals surface area contributed by atoms with Crippen molar-refractivity contribution in [1.29, 1.82) is 0 Å².